The fourth-order valence-electron chi connectivity index (χ4n) is 1.30. The van der Waals surface area contributed by atoms with E-state index in [0.29, 0.717) is 0 Å². The Hall–Kier alpha value is 1.56. The van der Waals surface area contributed by atoms with Crippen molar-refractivity contribution in [2.24, 2.45) is 0 Å². The van der Waals surface area contributed by atoms with Crippen LogP contribution in [-0.4, -0.2) is 48.9 Å². The molecule has 0 aromatic rings. The molecule has 1 rings (SSSR count). The zero-order chi connectivity index (χ0) is 10.6. The van der Waals surface area contributed by atoms with Crippen molar-refractivity contribution in [1.29, 1.82) is 0 Å². The molecular weight excluding hydrogens is 448 g/mol. The van der Waals surface area contributed by atoms with Crippen LogP contribution >= 0.6 is 0 Å². The van der Waals surface area contributed by atoms with Gasteiger partial charge < -0.3 is 0 Å². The Morgan fingerprint density at radius 1 is 0.800 bits per heavy atom. The minimum atomic E-state index is 0.860. The van der Waals surface area contributed by atoms with Crippen LogP contribution in [0.1, 0.15) is 38.5 Å². The van der Waals surface area contributed by atoms with E-state index < -0.39 is 0 Å². The Kier molecular flexibility index (Phi) is 11.7. The molecule has 0 aromatic carbocycles. The molecule has 0 bridgehead atoms. The van der Waals surface area contributed by atoms with Gasteiger partial charge in [-0.2, -0.15) is 0 Å². The molecule has 0 unspecified atom stereocenters. The van der Waals surface area contributed by atoms with Crippen molar-refractivity contribution in [2.75, 3.05) is 0 Å². The van der Waals surface area contributed by atoms with Crippen molar-refractivity contribution in [1.82, 2.24) is 0 Å². The van der Waals surface area contributed by atoms with E-state index in [2.05, 4.69) is 23.2 Å². The summed E-state index contributed by atoms with van der Waals surface area (Å²) in [4.78, 5) is 2.43. The average Bonchev–Trinajstić information content (AvgIpc) is 2.27. The van der Waals surface area contributed by atoms with Crippen LogP contribution in [0.25, 0.3) is 0 Å². The first kappa shape index (κ1) is 14.6. The number of rotatable bonds is 0. The van der Waals surface area contributed by atoms with Gasteiger partial charge in [-0.3, -0.25) is 0 Å². The third kappa shape index (κ3) is 10.4. The van der Waals surface area contributed by atoms with Crippen LogP contribution < -0.4 is 0 Å². The van der Waals surface area contributed by atoms with Gasteiger partial charge in [-0.25, -0.2) is 0 Å². The third-order valence-electron chi connectivity index (χ3n) is 2.09. The van der Waals surface area contributed by atoms with Gasteiger partial charge in [0.25, 0.3) is 0 Å². The second kappa shape index (κ2) is 12.0. The molecule has 0 saturated heterocycles. The van der Waals surface area contributed by atoms with Gasteiger partial charge in [-0.05, 0) is 0 Å². The van der Waals surface area contributed by atoms with E-state index in [0.717, 1.165) is 48.9 Å². The molecule has 1 aliphatic rings. The summed E-state index contributed by atoms with van der Waals surface area (Å²) < 4.78 is 0. The van der Waals surface area contributed by atoms with E-state index in [9.17, 15) is 0 Å². The standard InChI is InChI=1S/C11H18Se4/c1-2-4-6-8-10-12-14-15-13-11-9-7-5-3-1/h4,6,8,10H,1-3,5,7,9,11H2. The topological polar surface area (TPSA) is 0 Å². The molecule has 4 heteroatoms. The van der Waals surface area contributed by atoms with Crippen LogP contribution in [0.4, 0.5) is 0 Å². The van der Waals surface area contributed by atoms with Crippen molar-refractivity contribution >= 4 is 48.9 Å². The summed E-state index contributed by atoms with van der Waals surface area (Å²) in [5.41, 5.74) is 0. The molecule has 86 valence electrons. The summed E-state index contributed by atoms with van der Waals surface area (Å²) in [5.74, 6) is 0. The molecule has 0 amide bonds. The fourth-order valence-corrected chi connectivity index (χ4v) is 38.2. The van der Waals surface area contributed by atoms with Crippen molar-refractivity contribution in [2.45, 2.75) is 43.8 Å². The Labute approximate surface area is 115 Å². The third-order valence-corrected chi connectivity index (χ3v) is 39.0. The Morgan fingerprint density at radius 2 is 1.67 bits per heavy atom. The number of hydrogen-bond donors (Lipinski definition) is 0. The van der Waals surface area contributed by atoms with Gasteiger partial charge in [0.1, 0.15) is 0 Å². The Morgan fingerprint density at radius 3 is 2.67 bits per heavy atom. The zero-order valence-electron chi connectivity index (χ0n) is 8.89. The second-order valence-electron chi connectivity index (χ2n) is 3.37. The van der Waals surface area contributed by atoms with Gasteiger partial charge >= 0.3 is 116 Å². The Balaban J connectivity index is 2.16. The monoisotopic (exact) mass is 470 g/mol. The predicted octanol–water partition coefficient (Wildman–Crippen LogP) is 2.39. The first-order valence-electron chi connectivity index (χ1n) is 5.43. The van der Waals surface area contributed by atoms with Gasteiger partial charge in [0.2, 0.25) is 0 Å². The molecule has 0 aromatic heterocycles. The van der Waals surface area contributed by atoms with Crippen molar-refractivity contribution < 1.29 is 0 Å². The second-order valence-corrected chi connectivity index (χ2v) is 29.3. The van der Waals surface area contributed by atoms with Crippen LogP contribution in [-0.2, 0) is 0 Å². The van der Waals surface area contributed by atoms with Gasteiger partial charge in [0.15, 0.2) is 0 Å². The summed E-state index contributed by atoms with van der Waals surface area (Å²) >= 11 is 3.98. The van der Waals surface area contributed by atoms with E-state index in [-0.39, 0.29) is 0 Å². The van der Waals surface area contributed by atoms with Crippen LogP contribution in [0.2, 0.25) is 5.32 Å². The van der Waals surface area contributed by atoms with Crippen molar-refractivity contribution in [3.05, 3.63) is 23.2 Å². The first-order valence-corrected chi connectivity index (χ1v) is 20.6. The van der Waals surface area contributed by atoms with Gasteiger partial charge in [-0.15, -0.1) is 0 Å². The molecular formula is C11H18Se4. The summed E-state index contributed by atoms with van der Waals surface area (Å²) in [5, 5.41) is 1.58. The molecule has 0 saturated carbocycles. The first-order chi connectivity index (χ1) is 7.50. The van der Waals surface area contributed by atoms with Crippen molar-refractivity contribution in [3.63, 3.8) is 0 Å². The zero-order valence-corrected chi connectivity index (χ0v) is 15.7. The molecule has 1 aliphatic heterocycles. The summed E-state index contributed by atoms with van der Waals surface area (Å²) in [6, 6.07) is 0. The molecule has 0 N–H and O–H groups in total. The number of allylic oxidation sites excluding steroid dienone is 3. The van der Waals surface area contributed by atoms with E-state index in [1.807, 2.05) is 0 Å². The molecule has 0 aliphatic carbocycles. The maximum atomic E-state index is 2.43. The van der Waals surface area contributed by atoms with E-state index in [4.69, 9.17) is 0 Å². The quantitative estimate of drug-likeness (QED) is 0.482. The summed E-state index contributed by atoms with van der Waals surface area (Å²) in [6.07, 6.45) is 15.5. The van der Waals surface area contributed by atoms with Crippen LogP contribution in [0.15, 0.2) is 23.2 Å². The average molecular weight is 466 g/mol. The molecule has 0 nitrogen and oxygen atoms in total. The van der Waals surface area contributed by atoms with Crippen molar-refractivity contribution in [3.8, 4) is 0 Å². The fraction of sp³-hybridized carbons (Fsp3) is 0.636. The molecule has 1 heterocycles. The van der Waals surface area contributed by atoms with Crippen LogP contribution in [0.3, 0.4) is 0 Å². The van der Waals surface area contributed by atoms with Gasteiger partial charge in [0.05, 0.1) is 0 Å². The molecule has 0 spiro atoms. The molecule has 15 heavy (non-hydrogen) atoms. The van der Waals surface area contributed by atoms with E-state index >= 15 is 0 Å². The predicted molar refractivity (Wildman–Crippen MR) is 73.8 cm³/mol. The van der Waals surface area contributed by atoms with Gasteiger partial charge in [0, 0.05) is 0 Å². The van der Waals surface area contributed by atoms with E-state index in [1.54, 1.807) is 5.32 Å². The van der Waals surface area contributed by atoms with Crippen LogP contribution in [0.5, 0.6) is 0 Å². The number of hydrogen-bond acceptors (Lipinski definition) is 0. The van der Waals surface area contributed by atoms with Crippen LogP contribution in [0, 0.1) is 0 Å². The Bertz CT molecular complexity index is 169. The molecule has 0 fully saturated rings. The molecule has 0 atom stereocenters. The minimum absolute atomic E-state index is 0.860. The SMILES string of the molecule is C1=CCCCCCCC[Se][Se][Se][Se]C=C1. The summed E-state index contributed by atoms with van der Waals surface area (Å²) in [7, 11) is 0. The molecule has 0 radical (unpaired) electrons. The van der Waals surface area contributed by atoms with E-state index in [1.165, 1.54) is 38.5 Å². The maximum absolute atomic E-state index is 2.43. The summed E-state index contributed by atoms with van der Waals surface area (Å²) in [6.45, 7) is 0. The van der Waals surface area contributed by atoms with Gasteiger partial charge in [-0.1, -0.05) is 0 Å². The normalized spacial score (nSPS) is 21.9.